The van der Waals surface area contributed by atoms with E-state index in [1.807, 2.05) is 36.4 Å². The van der Waals surface area contributed by atoms with Crippen molar-refractivity contribution in [2.75, 3.05) is 13.2 Å². The van der Waals surface area contributed by atoms with Gasteiger partial charge in [0.2, 0.25) is 0 Å². The van der Waals surface area contributed by atoms with Crippen molar-refractivity contribution in [1.82, 2.24) is 5.32 Å². The van der Waals surface area contributed by atoms with Crippen molar-refractivity contribution in [2.45, 2.75) is 25.3 Å². The number of carbonyl (C=O) groups is 2. The van der Waals surface area contributed by atoms with Crippen LogP contribution in [-0.4, -0.2) is 31.3 Å². The maximum Gasteiger partial charge on any atom is 0.407 e. The lowest BCUT2D eigenvalue weighted by Gasteiger charge is -2.19. The van der Waals surface area contributed by atoms with E-state index in [0.717, 1.165) is 27.8 Å². The molecule has 1 N–H and O–H groups in total. The Morgan fingerprint density at radius 2 is 1.50 bits per heavy atom. The van der Waals surface area contributed by atoms with Gasteiger partial charge < -0.3 is 14.8 Å². The summed E-state index contributed by atoms with van der Waals surface area (Å²) in [6.45, 7) is 2.13. The van der Waals surface area contributed by atoms with E-state index in [0.29, 0.717) is 5.02 Å². The third kappa shape index (κ3) is 4.78. The molecule has 0 aromatic heterocycles. The van der Waals surface area contributed by atoms with E-state index in [2.05, 4.69) is 29.6 Å². The summed E-state index contributed by atoms with van der Waals surface area (Å²) in [6.07, 6.45) is -0.376. The first-order valence-electron chi connectivity index (χ1n) is 10.6. The van der Waals surface area contributed by atoms with Crippen LogP contribution in [0.15, 0.2) is 72.8 Å². The van der Waals surface area contributed by atoms with Crippen molar-refractivity contribution in [3.63, 3.8) is 0 Å². The molecular weight excluding hydrogens is 426 g/mol. The fraction of sp³-hybridized carbons (Fsp3) is 0.231. The lowest BCUT2D eigenvalue weighted by atomic mass is 9.98. The van der Waals surface area contributed by atoms with Crippen molar-refractivity contribution >= 4 is 23.7 Å². The second-order valence-electron chi connectivity index (χ2n) is 7.61. The molecule has 1 aliphatic carbocycles. The molecule has 0 heterocycles. The Bertz CT molecular complexity index is 1070. The van der Waals surface area contributed by atoms with Gasteiger partial charge in [0.25, 0.3) is 0 Å². The van der Waals surface area contributed by atoms with Gasteiger partial charge in [0.05, 0.1) is 6.61 Å². The van der Waals surface area contributed by atoms with Gasteiger partial charge in [-0.25, -0.2) is 9.59 Å². The summed E-state index contributed by atoms with van der Waals surface area (Å²) in [7, 11) is 0. The summed E-state index contributed by atoms with van der Waals surface area (Å²) in [5.74, 6) is -0.554. The molecule has 3 aromatic rings. The van der Waals surface area contributed by atoms with Gasteiger partial charge >= 0.3 is 12.1 Å². The number of halogens is 1. The number of ether oxygens (including phenoxy) is 2. The zero-order valence-corrected chi connectivity index (χ0v) is 18.5. The van der Waals surface area contributed by atoms with Crippen molar-refractivity contribution in [3.05, 3.63) is 94.5 Å². The summed E-state index contributed by atoms with van der Waals surface area (Å²) in [5.41, 5.74) is 5.43. The van der Waals surface area contributed by atoms with Crippen LogP contribution in [0.25, 0.3) is 11.1 Å². The number of carbonyl (C=O) groups excluding carboxylic acids is 2. The van der Waals surface area contributed by atoms with Crippen LogP contribution in [0.2, 0.25) is 5.02 Å². The first-order valence-corrected chi connectivity index (χ1v) is 11.0. The molecule has 0 fully saturated rings. The topological polar surface area (TPSA) is 64.6 Å². The predicted octanol–water partition coefficient (Wildman–Crippen LogP) is 5.35. The molecule has 164 valence electrons. The molecule has 3 aromatic carbocycles. The highest BCUT2D eigenvalue weighted by Crippen LogP contribution is 2.44. The van der Waals surface area contributed by atoms with Crippen molar-refractivity contribution in [1.29, 1.82) is 0 Å². The molecule has 1 amide bonds. The van der Waals surface area contributed by atoms with Crippen LogP contribution in [0.4, 0.5) is 4.79 Å². The molecule has 6 heteroatoms. The molecule has 0 aliphatic heterocycles. The highest BCUT2D eigenvalue weighted by Gasteiger charge is 2.30. The number of nitrogens with one attached hydrogen (secondary N) is 1. The van der Waals surface area contributed by atoms with E-state index in [1.54, 1.807) is 19.1 Å². The number of hydrogen-bond donors (Lipinski definition) is 1. The van der Waals surface area contributed by atoms with E-state index in [1.165, 1.54) is 0 Å². The molecule has 0 bridgehead atoms. The molecule has 0 spiro atoms. The van der Waals surface area contributed by atoms with Crippen LogP contribution in [0.1, 0.15) is 29.5 Å². The van der Waals surface area contributed by atoms with Crippen molar-refractivity contribution in [2.24, 2.45) is 0 Å². The number of esters is 1. The smallest absolute Gasteiger partial charge is 0.407 e. The molecule has 4 rings (SSSR count). The maximum atomic E-state index is 12.6. The van der Waals surface area contributed by atoms with E-state index >= 15 is 0 Å². The van der Waals surface area contributed by atoms with Gasteiger partial charge in [-0.05, 0) is 46.9 Å². The zero-order chi connectivity index (χ0) is 22.5. The Morgan fingerprint density at radius 1 is 0.906 bits per heavy atom. The van der Waals surface area contributed by atoms with Gasteiger partial charge in [0.1, 0.15) is 12.6 Å². The standard InChI is InChI=1S/C26H24ClNO4/c1-2-31-25(29)24(15-17-11-13-18(27)14-12-17)28-26(30)32-16-23-21-9-5-3-7-19(21)20-8-4-6-10-22(20)23/h3-14,23-24H,2,15-16H2,1H3,(H,28,30)/t24-/m0/s1. The fourth-order valence-corrected chi connectivity index (χ4v) is 4.20. The van der Waals surface area contributed by atoms with Crippen LogP contribution < -0.4 is 5.32 Å². The first kappa shape index (κ1) is 21.9. The van der Waals surface area contributed by atoms with Crippen molar-refractivity contribution < 1.29 is 19.1 Å². The SMILES string of the molecule is CCOC(=O)[C@H](Cc1ccc(Cl)cc1)NC(=O)OCC1c2ccccc2-c2ccccc21. The van der Waals surface area contributed by atoms with Crippen LogP contribution in [0.3, 0.4) is 0 Å². The second kappa shape index (κ2) is 9.88. The third-order valence-electron chi connectivity index (χ3n) is 5.56. The molecule has 0 unspecified atom stereocenters. The summed E-state index contributed by atoms with van der Waals surface area (Å²) in [5, 5.41) is 3.27. The lowest BCUT2D eigenvalue weighted by molar-refractivity contribution is -0.145. The monoisotopic (exact) mass is 449 g/mol. The Balaban J connectivity index is 1.44. The van der Waals surface area contributed by atoms with Gasteiger partial charge in [-0.3, -0.25) is 0 Å². The number of hydrogen-bond acceptors (Lipinski definition) is 4. The van der Waals surface area contributed by atoms with Gasteiger partial charge in [-0.1, -0.05) is 72.3 Å². The van der Waals surface area contributed by atoms with Gasteiger partial charge in [0, 0.05) is 17.4 Å². The number of rotatable bonds is 7. The minimum absolute atomic E-state index is 0.0505. The Kier molecular flexibility index (Phi) is 6.76. The lowest BCUT2D eigenvalue weighted by Crippen LogP contribution is -2.44. The van der Waals surface area contributed by atoms with E-state index < -0.39 is 18.1 Å². The summed E-state index contributed by atoms with van der Waals surface area (Å²) < 4.78 is 10.7. The average molecular weight is 450 g/mol. The van der Waals surface area contributed by atoms with Gasteiger partial charge in [0.15, 0.2) is 0 Å². The molecule has 0 saturated heterocycles. The minimum Gasteiger partial charge on any atom is -0.464 e. The van der Waals surface area contributed by atoms with Gasteiger partial charge in [-0.15, -0.1) is 0 Å². The highest BCUT2D eigenvalue weighted by molar-refractivity contribution is 6.30. The average Bonchev–Trinajstić information content (AvgIpc) is 3.12. The Morgan fingerprint density at radius 3 is 2.09 bits per heavy atom. The molecule has 1 aliphatic rings. The molecule has 1 atom stereocenters. The fourth-order valence-electron chi connectivity index (χ4n) is 4.07. The number of benzene rings is 3. The maximum absolute atomic E-state index is 12.6. The molecule has 0 radical (unpaired) electrons. The quantitative estimate of drug-likeness (QED) is 0.493. The normalized spacial score (nSPS) is 13.1. The summed E-state index contributed by atoms with van der Waals surface area (Å²) in [4.78, 5) is 25.0. The highest BCUT2D eigenvalue weighted by atomic mass is 35.5. The minimum atomic E-state index is -0.855. The largest absolute Gasteiger partial charge is 0.464 e. The molecular formula is C26H24ClNO4. The van der Waals surface area contributed by atoms with Crippen LogP contribution in [0.5, 0.6) is 0 Å². The molecule has 5 nitrogen and oxygen atoms in total. The van der Waals surface area contributed by atoms with Crippen LogP contribution >= 0.6 is 11.6 Å². The van der Waals surface area contributed by atoms with E-state index in [4.69, 9.17) is 21.1 Å². The Hall–Kier alpha value is -3.31. The van der Waals surface area contributed by atoms with Crippen LogP contribution in [0, 0.1) is 0 Å². The predicted molar refractivity (Wildman–Crippen MR) is 124 cm³/mol. The second-order valence-corrected chi connectivity index (χ2v) is 8.04. The van der Waals surface area contributed by atoms with E-state index in [9.17, 15) is 9.59 Å². The van der Waals surface area contributed by atoms with Crippen molar-refractivity contribution in [3.8, 4) is 11.1 Å². The summed E-state index contributed by atoms with van der Waals surface area (Å²) >= 11 is 5.94. The number of fused-ring (bicyclic) bond motifs is 3. The molecule has 32 heavy (non-hydrogen) atoms. The number of amides is 1. The van der Waals surface area contributed by atoms with Crippen LogP contribution in [-0.2, 0) is 20.7 Å². The zero-order valence-electron chi connectivity index (χ0n) is 17.7. The first-order chi connectivity index (χ1) is 15.6. The molecule has 0 saturated carbocycles. The Labute approximate surface area is 192 Å². The summed E-state index contributed by atoms with van der Waals surface area (Å²) in [6, 6.07) is 22.5. The van der Waals surface area contributed by atoms with E-state index in [-0.39, 0.29) is 25.6 Å². The number of alkyl carbamates (subject to hydrolysis) is 1. The van der Waals surface area contributed by atoms with Gasteiger partial charge in [-0.2, -0.15) is 0 Å². The third-order valence-corrected chi connectivity index (χ3v) is 5.81.